The maximum absolute atomic E-state index is 12.8. The molecule has 0 spiro atoms. The predicted octanol–water partition coefficient (Wildman–Crippen LogP) is 3.52. The Bertz CT molecular complexity index is 960. The number of esters is 1. The Morgan fingerprint density at radius 3 is 2.48 bits per heavy atom. The number of aryl methyl sites for hydroxylation is 1. The van der Waals surface area contributed by atoms with Crippen LogP contribution in [-0.2, 0) is 9.53 Å². The van der Waals surface area contributed by atoms with E-state index in [1.54, 1.807) is 25.3 Å². The third-order valence-electron chi connectivity index (χ3n) is 4.53. The molecule has 2 aromatic carbocycles. The highest BCUT2D eigenvalue weighted by Gasteiger charge is 2.21. The lowest BCUT2D eigenvalue weighted by molar-refractivity contribution is -0.141. The second-order valence-corrected chi connectivity index (χ2v) is 6.30. The molecular weight excluding hydrogens is 344 g/mol. The summed E-state index contributed by atoms with van der Waals surface area (Å²) < 4.78 is 9.94. The summed E-state index contributed by atoms with van der Waals surface area (Å²) in [6, 6.07) is 14.4. The number of carbonyl (C=O) groups is 2. The third-order valence-corrected chi connectivity index (χ3v) is 4.53. The fourth-order valence-corrected chi connectivity index (χ4v) is 3.00. The summed E-state index contributed by atoms with van der Waals surface area (Å²) >= 11 is 0. The van der Waals surface area contributed by atoms with E-state index in [1.807, 2.05) is 37.3 Å². The molecule has 0 aliphatic heterocycles. The standard InChI is InChI=1S/C21H22N2O4/c1-13-5-4-6-15-11-18(22-20(13)15)21(25)23-17(12-19(24)27-3)14-7-9-16(26-2)10-8-14/h4-11,17,22H,12H2,1-3H3,(H,23,25). The van der Waals surface area contributed by atoms with Crippen LogP contribution in [0.1, 0.15) is 34.1 Å². The smallest absolute Gasteiger partial charge is 0.307 e. The molecule has 1 heterocycles. The van der Waals surface area contributed by atoms with E-state index in [9.17, 15) is 9.59 Å². The Labute approximate surface area is 157 Å². The van der Waals surface area contributed by atoms with Crippen molar-refractivity contribution in [2.24, 2.45) is 0 Å². The number of amides is 1. The maximum Gasteiger partial charge on any atom is 0.307 e. The zero-order valence-corrected chi connectivity index (χ0v) is 15.5. The summed E-state index contributed by atoms with van der Waals surface area (Å²) in [5.74, 6) is 0.0203. The van der Waals surface area contributed by atoms with Crippen molar-refractivity contribution in [3.8, 4) is 5.75 Å². The Morgan fingerprint density at radius 2 is 1.85 bits per heavy atom. The largest absolute Gasteiger partial charge is 0.497 e. The van der Waals surface area contributed by atoms with Crippen molar-refractivity contribution >= 4 is 22.8 Å². The first-order valence-electron chi connectivity index (χ1n) is 8.61. The van der Waals surface area contributed by atoms with Crippen LogP contribution in [0.4, 0.5) is 0 Å². The molecule has 3 rings (SSSR count). The van der Waals surface area contributed by atoms with Crippen molar-refractivity contribution in [3.05, 3.63) is 65.4 Å². The van der Waals surface area contributed by atoms with Crippen LogP contribution in [0.15, 0.2) is 48.5 Å². The molecule has 1 amide bonds. The normalized spacial score (nSPS) is 11.8. The van der Waals surface area contributed by atoms with E-state index in [1.165, 1.54) is 7.11 Å². The lowest BCUT2D eigenvalue weighted by Crippen LogP contribution is -2.30. The lowest BCUT2D eigenvalue weighted by Gasteiger charge is -2.18. The minimum Gasteiger partial charge on any atom is -0.497 e. The molecular formula is C21H22N2O4. The van der Waals surface area contributed by atoms with Crippen molar-refractivity contribution in [2.75, 3.05) is 14.2 Å². The Balaban J connectivity index is 1.86. The van der Waals surface area contributed by atoms with Gasteiger partial charge in [-0.25, -0.2) is 0 Å². The monoisotopic (exact) mass is 366 g/mol. The number of nitrogens with one attached hydrogen (secondary N) is 2. The van der Waals surface area contributed by atoms with Crippen LogP contribution < -0.4 is 10.1 Å². The van der Waals surface area contributed by atoms with Gasteiger partial charge in [-0.05, 0) is 36.2 Å². The maximum atomic E-state index is 12.8. The average Bonchev–Trinajstić information content (AvgIpc) is 3.13. The number of fused-ring (bicyclic) bond motifs is 1. The molecule has 0 fully saturated rings. The minimum atomic E-state index is -0.511. The first kappa shape index (κ1) is 18.5. The van der Waals surface area contributed by atoms with Gasteiger partial charge in [0.25, 0.3) is 5.91 Å². The van der Waals surface area contributed by atoms with E-state index in [0.717, 1.165) is 22.0 Å². The van der Waals surface area contributed by atoms with Gasteiger partial charge < -0.3 is 19.8 Å². The fraction of sp³-hybridized carbons (Fsp3) is 0.238. The number of benzene rings is 2. The van der Waals surface area contributed by atoms with E-state index in [-0.39, 0.29) is 12.3 Å². The van der Waals surface area contributed by atoms with Crippen molar-refractivity contribution in [1.82, 2.24) is 10.3 Å². The van der Waals surface area contributed by atoms with Crippen LogP contribution in [0.5, 0.6) is 5.75 Å². The molecule has 1 unspecified atom stereocenters. The lowest BCUT2D eigenvalue weighted by atomic mass is 10.0. The number of hydrogen-bond acceptors (Lipinski definition) is 4. The second-order valence-electron chi connectivity index (χ2n) is 6.30. The Morgan fingerprint density at radius 1 is 1.11 bits per heavy atom. The summed E-state index contributed by atoms with van der Waals surface area (Å²) in [6.45, 7) is 1.98. The summed E-state index contributed by atoms with van der Waals surface area (Å²) in [5, 5.41) is 3.89. The fourth-order valence-electron chi connectivity index (χ4n) is 3.00. The molecule has 2 N–H and O–H groups in total. The highest BCUT2D eigenvalue weighted by molar-refractivity contribution is 5.99. The molecule has 0 bridgehead atoms. The first-order chi connectivity index (χ1) is 13.0. The summed E-state index contributed by atoms with van der Waals surface area (Å²) in [4.78, 5) is 27.8. The van der Waals surface area contributed by atoms with Crippen molar-refractivity contribution in [3.63, 3.8) is 0 Å². The zero-order valence-electron chi connectivity index (χ0n) is 15.5. The van der Waals surface area contributed by atoms with Gasteiger partial charge in [-0.2, -0.15) is 0 Å². The number of H-pyrrole nitrogens is 1. The number of aromatic amines is 1. The van der Waals surface area contributed by atoms with Crippen LogP contribution in [-0.4, -0.2) is 31.1 Å². The molecule has 140 valence electrons. The number of ether oxygens (including phenoxy) is 2. The predicted molar refractivity (Wildman–Crippen MR) is 103 cm³/mol. The molecule has 1 aromatic heterocycles. The average molecular weight is 366 g/mol. The number of rotatable bonds is 6. The van der Waals surface area contributed by atoms with Gasteiger partial charge in [-0.3, -0.25) is 9.59 Å². The quantitative estimate of drug-likeness (QED) is 0.654. The molecule has 27 heavy (non-hydrogen) atoms. The molecule has 0 saturated carbocycles. The van der Waals surface area contributed by atoms with Crippen LogP contribution >= 0.6 is 0 Å². The van der Waals surface area contributed by atoms with Crippen LogP contribution in [0, 0.1) is 6.92 Å². The SMILES string of the molecule is COC(=O)CC(NC(=O)c1cc2cccc(C)c2[nH]1)c1ccc(OC)cc1. The van der Waals surface area contributed by atoms with E-state index >= 15 is 0 Å². The minimum absolute atomic E-state index is 0.0355. The molecule has 6 nitrogen and oxygen atoms in total. The van der Waals surface area contributed by atoms with Gasteiger partial charge in [0.05, 0.1) is 26.7 Å². The van der Waals surface area contributed by atoms with Crippen molar-refractivity contribution < 1.29 is 19.1 Å². The van der Waals surface area contributed by atoms with Gasteiger partial charge in [0.2, 0.25) is 0 Å². The molecule has 0 radical (unpaired) electrons. The first-order valence-corrected chi connectivity index (χ1v) is 8.61. The number of methoxy groups -OCH3 is 2. The zero-order chi connectivity index (χ0) is 19.4. The third kappa shape index (κ3) is 4.11. The molecule has 0 aliphatic carbocycles. The number of aromatic nitrogens is 1. The highest BCUT2D eigenvalue weighted by Crippen LogP contribution is 2.23. The molecule has 3 aromatic rings. The van der Waals surface area contributed by atoms with E-state index in [2.05, 4.69) is 10.3 Å². The van der Waals surface area contributed by atoms with Gasteiger partial charge in [-0.15, -0.1) is 0 Å². The molecule has 0 aliphatic rings. The summed E-state index contributed by atoms with van der Waals surface area (Å²) in [7, 11) is 2.91. The summed E-state index contributed by atoms with van der Waals surface area (Å²) in [5.41, 5.74) is 3.23. The molecule has 6 heteroatoms. The Hall–Kier alpha value is -3.28. The van der Waals surface area contributed by atoms with Crippen molar-refractivity contribution in [2.45, 2.75) is 19.4 Å². The number of carbonyl (C=O) groups excluding carboxylic acids is 2. The van der Waals surface area contributed by atoms with Crippen LogP contribution in [0.3, 0.4) is 0 Å². The number of hydrogen-bond donors (Lipinski definition) is 2. The number of para-hydroxylation sites is 1. The highest BCUT2D eigenvalue weighted by atomic mass is 16.5. The van der Waals surface area contributed by atoms with Gasteiger partial charge in [0.1, 0.15) is 11.4 Å². The Kier molecular flexibility index (Phi) is 5.45. The van der Waals surface area contributed by atoms with Crippen LogP contribution in [0.2, 0.25) is 0 Å². The summed E-state index contributed by atoms with van der Waals surface area (Å²) in [6.07, 6.45) is 0.0355. The van der Waals surface area contributed by atoms with Crippen molar-refractivity contribution in [1.29, 1.82) is 0 Å². The molecule has 1 atom stereocenters. The van der Waals surface area contributed by atoms with E-state index < -0.39 is 12.0 Å². The van der Waals surface area contributed by atoms with Crippen LogP contribution in [0.25, 0.3) is 10.9 Å². The van der Waals surface area contributed by atoms with Gasteiger partial charge in [0.15, 0.2) is 0 Å². The second kappa shape index (κ2) is 7.95. The van der Waals surface area contributed by atoms with Gasteiger partial charge >= 0.3 is 5.97 Å². The topological polar surface area (TPSA) is 80.4 Å². The van der Waals surface area contributed by atoms with Gasteiger partial charge in [-0.1, -0.05) is 30.3 Å². The van der Waals surface area contributed by atoms with E-state index in [4.69, 9.17) is 9.47 Å². The molecule has 0 saturated heterocycles. The van der Waals surface area contributed by atoms with Gasteiger partial charge in [0, 0.05) is 10.9 Å². The van der Waals surface area contributed by atoms with E-state index in [0.29, 0.717) is 11.4 Å².